The Hall–Kier alpha value is -11.0. The highest BCUT2D eigenvalue weighted by Crippen LogP contribution is 2.54. The quantitative estimate of drug-likeness (QED) is 0.102. The first kappa shape index (κ1) is 52.4. The molecule has 84 heavy (non-hydrogen) atoms. The number of rotatable bonds is 15. The van der Waals surface area contributed by atoms with Crippen LogP contribution < -0.4 is 14.7 Å². The van der Waals surface area contributed by atoms with E-state index in [1.54, 1.807) is 0 Å². The predicted octanol–water partition coefficient (Wildman–Crippen LogP) is 21.2. The van der Waals surface area contributed by atoms with E-state index in [1.165, 1.54) is 0 Å². The third-order valence-corrected chi connectivity index (χ3v) is 15.5. The maximum Gasteiger partial charge on any atom is 0.0710 e. The standard InChI is InChI=1S/C78H60N6/c1-55-76(82(64-37-16-7-17-38-64)67-43-22-34-61(52-67)73-49-25-46-70(79-73)58-28-10-4-11-29-58)56(2)78(84(66-41-20-9-21-42-66)69-45-24-36-63(54-69)75-51-27-48-72(81-75)60-32-14-6-15-33-60)57(3)77(55)83(65-39-18-8-19-40-65)68-44-23-35-62(53-68)74-50-26-47-71(80-74)59-30-12-5-13-31-59/h4-54H,1-3H3. The molecule has 402 valence electrons. The molecule has 3 heterocycles. The first-order valence-electron chi connectivity index (χ1n) is 28.5. The minimum Gasteiger partial charge on any atom is -0.310 e. The Kier molecular flexibility index (Phi) is 14.8. The number of para-hydroxylation sites is 3. The minimum atomic E-state index is 0.891. The summed E-state index contributed by atoms with van der Waals surface area (Å²) < 4.78 is 0. The molecule has 0 aliphatic carbocycles. The molecule has 0 aliphatic rings. The van der Waals surface area contributed by atoms with Crippen molar-refractivity contribution in [2.45, 2.75) is 20.8 Å². The van der Waals surface area contributed by atoms with Crippen LogP contribution in [0.4, 0.5) is 51.2 Å². The third kappa shape index (κ3) is 10.6. The molecule has 0 saturated carbocycles. The van der Waals surface area contributed by atoms with Gasteiger partial charge in [-0.1, -0.05) is 200 Å². The number of pyridine rings is 3. The van der Waals surface area contributed by atoms with E-state index in [4.69, 9.17) is 15.0 Å². The lowest BCUT2D eigenvalue weighted by Crippen LogP contribution is -2.22. The van der Waals surface area contributed by atoms with E-state index in [-0.39, 0.29) is 0 Å². The van der Waals surface area contributed by atoms with Crippen LogP contribution in [0, 0.1) is 20.8 Å². The highest BCUT2D eigenvalue weighted by atomic mass is 15.2. The highest BCUT2D eigenvalue weighted by Gasteiger charge is 2.31. The minimum absolute atomic E-state index is 0.891. The Labute approximate surface area is 492 Å². The fourth-order valence-corrected chi connectivity index (χ4v) is 11.6. The molecule has 0 radical (unpaired) electrons. The summed E-state index contributed by atoms with van der Waals surface area (Å²) in [7, 11) is 0. The first-order chi connectivity index (χ1) is 41.4. The van der Waals surface area contributed by atoms with E-state index in [9.17, 15) is 0 Å². The van der Waals surface area contributed by atoms with Crippen LogP contribution in [-0.2, 0) is 0 Å². The third-order valence-electron chi connectivity index (χ3n) is 15.5. The molecule has 13 aromatic rings. The van der Waals surface area contributed by atoms with E-state index in [1.807, 2.05) is 18.2 Å². The lowest BCUT2D eigenvalue weighted by atomic mass is 9.93. The van der Waals surface area contributed by atoms with Gasteiger partial charge in [0.1, 0.15) is 0 Å². The Morgan fingerprint density at radius 3 is 0.631 bits per heavy atom. The first-order valence-corrected chi connectivity index (χ1v) is 28.5. The Balaban J connectivity index is 1.07. The molecular weight excluding hydrogens is 1020 g/mol. The average Bonchev–Trinajstić information content (AvgIpc) is 1.63. The number of hydrogen-bond acceptors (Lipinski definition) is 6. The van der Waals surface area contributed by atoms with Crippen LogP contribution in [0.2, 0.25) is 0 Å². The smallest absolute Gasteiger partial charge is 0.0710 e. The van der Waals surface area contributed by atoms with Gasteiger partial charge in [0.15, 0.2) is 0 Å². The zero-order chi connectivity index (χ0) is 56.8. The highest BCUT2D eigenvalue weighted by molar-refractivity contribution is 5.98. The largest absolute Gasteiger partial charge is 0.310 e. The normalized spacial score (nSPS) is 11.0. The summed E-state index contributed by atoms with van der Waals surface area (Å²) >= 11 is 0. The predicted molar refractivity (Wildman–Crippen MR) is 351 cm³/mol. The summed E-state index contributed by atoms with van der Waals surface area (Å²) in [6.45, 7) is 6.88. The van der Waals surface area contributed by atoms with E-state index in [0.29, 0.717) is 0 Å². The van der Waals surface area contributed by atoms with Crippen molar-refractivity contribution in [2.75, 3.05) is 14.7 Å². The zero-order valence-corrected chi connectivity index (χ0v) is 47.1. The molecule has 13 rings (SSSR count). The van der Waals surface area contributed by atoms with Gasteiger partial charge in [0, 0.05) is 67.5 Å². The van der Waals surface area contributed by atoms with Gasteiger partial charge in [0.25, 0.3) is 0 Å². The van der Waals surface area contributed by atoms with Crippen LogP contribution in [-0.4, -0.2) is 15.0 Å². The summed E-state index contributed by atoms with van der Waals surface area (Å²) in [4.78, 5) is 23.1. The van der Waals surface area contributed by atoms with Crippen LogP contribution in [0.3, 0.4) is 0 Å². The van der Waals surface area contributed by atoms with Gasteiger partial charge >= 0.3 is 0 Å². The van der Waals surface area contributed by atoms with Crippen LogP contribution in [0.15, 0.2) is 309 Å². The van der Waals surface area contributed by atoms with Crippen molar-refractivity contribution >= 4 is 51.2 Å². The number of aromatic nitrogens is 3. The summed E-state index contributed by atoms with van der Waals surface area (Å²) in [5.41, 5.74) is 24.1. The maximum atomic E-state index is 5.27. The number of nitrogens with zero attached hydrogens (tertiary/aromatic N) is 6. The molecule has 0 atom stereocenters. The van der Waals surface area contributed by atoms with Crippen LogP contribution >= 0.6 is 0 Å². The number of hydrogen-bond donors (Lipinski definition) is 0. The van der Waals surface area contributed by atoms with Crippen molar-refractivity contribution in [1.29, 1.82) is 0 Å². The second-order valence-electron chi connectivity index (χ2n) is 20.9. The fourth-order valence-electron chi connectivity index (χ4n) is 11.6. The molecule has 6 heteroatoms. The van der Waals surface area contributed by atoms with E-state index >= 15 is 0 Å². The lowest BCUT2D eigenvalue weighted by molar-refractivity contribution is 1.13. The van der Waals surface area contributed by atoms with Crippen molar-refractivity contribution < 1.29 is 0 Å². The molecule has 6 nitrogen and oxygen atoms in total. The van der Waals surface area contributed by atoms with E-state index in [2.05, 4.69) is 327 Å². The van der Waals surface area contributed by atoms with Gasteiger partial charge in [-0.15, -0.1) is 0 Å². The molecule has 0 aliphatic heterocycles. The molecule has 0 unspecified atom stereocenters. The molecule has 3 aromatic heterocycles. The molecule has 0 saturated heterocycles. The molecule has 0 bridgehead atoms. The maximum absolute atomic E-state index is 5.27. The van der Waals surface area contributed by atoms with Crippen LogP contribution in [0.1, 0.15) is 16.7 Å². The second kappa shape index (κ2) is 23.6. The van der Waals surface area contributed by atoms with Gasteiger partial charge in [-0.25, -0.2) is 15.0 Å². The summed E-state index contributed by atoms with van der Waals surface area (Å²) in [6, 6.07) is 109. The lowest BCUT2D eigenvalue weighted by Gasteiger charge is -2.38. The van der Waals surface area contributed by atoms with Gasteiger partial charge in [-0.05, 0) is 147 Å². The van der Waals surface area contributed by atoms with Crippen molar-refractivity contribution in [2.24, 2.45) is 0 Å². The fraction of sp³-hybridized carbons (Fsp3) is 0.0385. The number of anilines is 9. The Bertz CT molecular complexity index is 3930. The Morgan fingerprint density at radius 2 is 0.381 bits per heavy atom. The van der Waals surface area contributed by atoms with Gasteiger partial charge in [-0.2, -0.15) is 0 Å². The molecule has 0 amide bonds. The molecular formula is C78H60N6. The summed E-state index contributed by atoms with van der Waals surface area (Å²) in [6.07, 6.45) is 0. The number of benzene rings is 10. The second-order valence-corrected chi connectivity index (χ2v) is 20.9. The molecule has 0 fully saturated rings. The van der Waals surface area contributed by atoms with Crippen molar-refractivity contribution in [3.05, 3.63) is 326 Å². The van der Waals surface area contributed by atoms with Gasteiger partial charge in [0.05, 0.1) is 51.2 Å². The van der Waals surface area contributed by atoms with E-state index < -0.39 is 0 Å². The Morgan fingerprint density at radius 1 is 0.190 bits per heavy atom. The van der Waals surface area contributed by atoms with Gasteiger partial charge in [0.2, 0.25) is 0 Å². The molecule has 0 spiro atoms. The summed E-state index contributed by atoms with van der Waals surface area (Å²) in [5, 5.41) is 0. The van der Waals surface area contributed by atoms with Crippen molar-refractivity contribution in [3.8, 4) is 67.5 Å². The SMILES string of the molecule is Cc1c(N(c2ccccc2)c2cccc(-c3cccc(-c4ccccc4)n3)c2)c(C)c(N(c2ccccc2)c2cccc(-c3cccc(-c4ccccc4)n3)c2)c(C)c1N(c1ccccc1)c1cccc(-c2cccc(-c3ccccc3)n2)c1. The average molecular weight is 1080 g/mol. The zero-order valence-electron chi connectivity index (χ0n) is 47.1. The monoisotopic (exact) mass is 1080 g/mol. The molecule has 0 N–H and O–H groups in total. The van der Waals surface area contributed by atoms with Crippen molar-refractivity contribution in [3.63, 3.8) is 0 Å². The van der Waals surface area contributed by atoms with Crippen LogP contribution in [0.5, 0.6) is 0 Å². The van der Waals surface area contributed by atoms with Crippen LogP contribution in [0.25, 0.3) is 67.5 Å². The van der Waals surface area contributed by atoms with E-state index in [0.717, 1.165) is 135 Å². The summed E-state index contributed by atoms with van der Waals surface area (Å²) in [5.74, 6) is 0. The van der Waals surface area contributed by atoms with Crippen molar-refractivity contribution in [1.82, 2.24) is 15.0 Å². The molecule has 10 aromatic carbocycles. The van der Waals surface area contributed by atoms with Gasteiger partial charge in [-0.3, -0.25) is 0 Å². The van der Waals surface area contributed by atoms with Gasteiger partial charge < -0.3 is 14.7 Å². The topological polar surface area (TPSA) is 48.4 Å².